The molecule has 0 radical (unpaired) electrons. The second-order valence-corrected chi connectivity index (χ2v) is 5.38. The molecule has 0 rings (SSSR count). The van der Waals surface area contributed by atoms with E-state index in [2.05, 4.69) is 42.0 Å². The Kier molecular flexibility index (Phi) is 10.6. The molecule has 2 atom stereocenters. The van der Waals surface area contributed by atoms with E-state index in [1.165, 1.54) is 6.92 Å². The number of hydrogen-bond acceptors (Lipinski definition) is 4. The van der Waals surface area contributed by atoms with Crippen LogP contribution in [0.1, 0.15) is 40.5 Å². The van der Waals surface area contributed by atoms with E-state index in [-0.39, 0.29) is 17.9 Å². The summed E-state index contributed by atoms with van der Waals surface area (Å²) in [4.78, 5) is 25.3. The first-order valence-electron chi connectivity index (χ1n) is 7.35. The molecule has 5 nitrogen and oxygen atoms in total. The molecule has 0 aliphatic heterocycles. The molecule has 118 valence electrons. The van der Waals surface area contributed by atoms with Crippen molar-refractivity contribution in [3.05, 3.63) is 0 Å². The SMILES string of the molecule is CCN(CC)CCCC(C)NC(=O)C(CS)NC(C)=O. The van der Waals surface area contributed by atoms with Gasteiger partial charge in [0.15, 0.2) is 0 Å². The fraction of sp³-hybridized carbons (Fsp3) is 0.857. The molecule has 0 aliphatic carbocycles. The molecular formula is C14H29N3O2S. The first-order valence-corrected chi connectivity index (χ1v) is 7.98. The van der Waals surface area contributed by atoms with E-state index in [4.69, 9.17) is 0 Å². The molecule has 2 unspecified atom stereocenters. The second kappa shape index (κ2) is 11.0. The highest BCUT2D eigenvalue weighted by Gasteiger charge is 2.19. The van der Waals surface area contributed by atoms with Crippen molar-refractivity contribution in [1.82, 2.24) is 15.5 Å². The molecule has 0 spiro atoms. The lowest BCUT2D eigenvalue weighted by Crippen LogP contribution is -2.49. The summed E-state index contributed by atoms with van der Waals surface area (Å²) in [7, 11) is 0. The first kappa shape index (κ1) is 19.2. The topological polar surface area (TPSA) is 61.4 Å². The maximum atomic E-state index is 11.9. The number of hydrogen-bond donors (Lipinski definition) is 3. The fourth-order valence-corrected chi connectivity index (χ4v) is 2.27. The van der Waals surface area contributed by atoms with Crippen molar-refractivity contribution in [1.29, 1.82) is 0 Å². The quantitative estimate of drug-likeness (QED) is 0.529. The van der Waals surface area contributed by atoms with Gasteiger partial charge in [0.2, 0.25) is 11.8 Å². The van der Waals surface area contributed by atoms with Gasteiger partial charge in [-0.15, -0.1) is 0 Å². The Morgan fingerprint density at radius 3 is 2.25 bits per heavy atom. The molecule has 20 heavy (non-hydrogen) atoms. The Morgan fingerprint density at radius 2 is 1.80 bits per heavy atom. The van der Waals surface area contributed by atoms with Crippen LogP contribution in [0.2, 0.25) is 0 Å². The van der Waals surface area contributed by atoms with Crippen LogP contribution in [0.25, 0.3) is 0 Å². The highest BCUT2D eigenvalue weighted by molar-refractivity contribution is 7.80. The molecule has 0 aromatic rings. The highest BCUT2D eigenvalue weighted by Crippen LogP contribution is 2.00. The van der Waals surface area contributed by atoms with Gasteiger partial charge < -0.3 is 15.5 Å². The Labute approximate surface area is 128 Å². The molecule has 0 bridgehead atoms. The molecule has 2 amide bonds. The lowest BCUT2D eigenvalue weighted by molar-refractivity contribution is -0.127. The molecule has 0 aliphatic rings. The van der Waals surface area contributed by atoms with E-state index < -0.39 is 6.04 Å². The number of thiol groups is 1. The zero-order valence-electron chi connectivity index (χ0n) is 13.1. The average Bonchev–Trinajstić information content (AvgIpc) is 2.40. The van der Waals surface area contributed by atoms with Crippen LogP contribution >= 0.6 is 12.6 Å². The smallest absolute Gasteiger partial charge is 0.243 e. The van der Waals surface area contributed by atoms with Gasteiger partial charge in [-0.3, -0.25) is 9.59 Å². The predicted octanol–water partition coefficient (Wildman–Crippen LogP) is 1.05. The molecule has 0 aromatic heterocycles. The number of nitrogens with one attached hydrogen (secondary N) is 2. The minimum atomic E-state index is -0.555. The van der Waals surface area contributed by atoms with Crippen molar-refractivity contribution >= 4 is 24.4 Å². The Hall–Kier alpha value is -0.750. The fourth-order valence-electron chi connectivity index (χ4n) is 2.02. The highest BCUT2D eigenvalue weighted by atomic mass is 32.1. The van der Waals surface area contributed by atoms with Gasteiger partial charge in [-0.25, -0.2) is 0 Å². The van der Waals surface area contributed by atoms with Crippen LogP contribution < -0.4 is 10.6 Å². The third-order valence-corrected chi connectivity index (χ3v) is 3.64. The largest absolute Gasteiger partial charge is 0.352 e. The van der Waals surface area contributed by atoms with E-state index in [1.54, 1.807) is 0 Å². The Balaban J connectivity index is 4.02. The molecule has 6 heteroatoms. The summed E-state index contributed by atoms with van der Waals surface area (Å²) in [6.45, 7) is 10.9. The third-order valence-electron chi connectivity index (χ3n) is 3.27. The van der Waals surface area contributed by atoms with Gasteiger partial charge in [-0.1, -0.05) is 13.8 Å². The van der Waals surface area contributed by atoms with Crippen molar-refractivity contribution in [2.45, 2.75) is 52.6 Å². The van der Waals surface area contributed by atoms with Gasteiger partial charge in [0, 0.05) is 18.7 Å². The molecule has 2 N–H and O–H groups in total. The Morgan fingerprint density at radius 1 is 1.20 bits per heavy atom. The van der Waals surface area contributed by atoms with Crippen LogP contribution in [-0.2, 0) is 9.59 Å². The van der Waals surface area contributed by atoms with E-state index in [1.807, 2.05) is 6.92 Å². The van der Waals surface area contributed by atoms with E-state index in [0.717, 1.165) is 32.5 Å². The summed E-state index contributed by atoms with van der Waals surface area (Å²) in [6, 6.07) is -0.449. The van der Waals surface area contributed by atoms with Crippen molar-refractivity contribution in [2.24, 2.45) is 0 Å². The van der Waals surface area contributed by atoms with Gasteiger partial charge in [0.25, 0.3) is 0 Å². The summed E-state index contributed by atoms with van der Waals surface area (Å²) in [5.74, 6) is -0.0728. The molecule has 0 fully saturated rings. The van der Waals surface area contributed by atoms with Crippen molar-refractivity contribution in [3.8, 4) is 0 Å². The average molecular weight is 303 g/mol. The van der Waals surface area contributed by atoms with Crippen LogP contribution in [-0.4, -0.2) is 54.2 Å². The van der Waals surface area contributed by atoms with Crippen LogP contribution in [0.5, 0.6) is 0 Å². The minimum absolute atomic E-state index is 0.106. The van der Waals surface area contributed by atoms with Gasteiger partial charge in [0.1, 0.15) is 6.04 Å². The monoisotopic (exact) mass is 303 g/mol. The predicted molar refractivity (Wildman–Crippen MR) is 86.1 cm³/mol. The summed E-state index contributed by atoms with van der Waals surface area (Å²) >= 11 is 4.09. The number of rotatable bonds is 10. The zero-order chi connectivity index (χ0) is 15.5. The normalized spacial score (nSPS) is 13.9. The van der Waals surface area contributed by atoms with Crippen molar-refractivity contribution < 1.29 is 9.59 Å². The van der Waals surface area contributed by atoms with Gasteiger partial charge >= 0.3 is 0 Å². The summed E-state index contributed by atoms with van der Waals surface area (Å²) in [5.41, 5.74) is 0. The van der Waals surface area contributed by atoms with Crippen LogP contribution in [0.15, 0.2) is 0 Å². The standard InChI is InChI=1S/C14H29N3O2S/c1-5-17(6-2)9-7-8-11(3)15-14(19)13(10-20)16-12(4)18/h11,13,20H,5-10H2,1-4H3,(H,15,19)(H,16,18). The van der Waals surface area contributed by atoms with Gasteiger partial charge in [-0.05, 0) is 39.4 Å². The number of carbonyl (C=O) groups excluding carboxylic acids is 2. The van der Waals surface area contributed by atoms with Crippen molar-refractivity contribution in [3.63, 3.8) is 0 Å². The number of amides is 2. The third kappa shape index (κ3) is 8.43. The van der Waals surface area contributed by atoms with E-state index in [9.17, 15) is 9.59 Å². The summed E-state index contributed by atoms with van der Waals surface area (Å²) in [6.07, 6.45) is 1.98. The van der Waals surface area contributed by atoms with Gasteiger partial charge in [0.05, 0.1) is 0 Å². The molecule has 0 heterocycles. The maximum absolute atomic E-state index is 11.9. The van der Waals surface area contributed by atoms with Crippen molar-refractivity contribution in [2.75, 3.05) is 25.4 Å². The molecule has 0 saturated heterocycles. The molecule has 0 saturated carbocycles. The number of carbonyl (C=O) groups is 2. The maximum Gasteiger partial charge on any atom is 0.243 e. The number of nitrogens with zero attached hydrogens (tertiary/aromatic N) is 1. The van der Waals surface area contributed by atoms with Crippen LogP contribution in [0, 0.1) is 0 Å². The minimum Gasteiger partial charge on any atom is -0.352 e. The first-order chi connectivity index (χ1) is 9.44. The second-order valence-electron chi connectivity index (χ2n) is 5.01. The zero-order valence-corrected chi connectivity index (χ0v) is 14.0. The molecule has 0 aromatic carbocycles. The summed E-state index contributed by atoms with van der Waals surface area (Å²) < 4.78 is 0. The summed E-state index contributed by atoms with van der Waals surface area (Å²) in [5, 5.41) is 5.52. The van der Waals surface area contributed by atoms with Gasteiger partial charge in [-0.2, -0.15) is 12.6 Å². The molecular weight excluding hydrogens is 274 g/mol. The lowest BCUT2D eigenvalue weighted by atomic mass is 10.1. The van der Waals surface area contributed by atoms with E-state index in [0.29, 0.717) is 5.75 Å². The van der Waals surface area contributed by atoms with E-state index >= 15 is 0 Å². The van der Waals surface area contributed by atoms with Crippen LogP contribution in [0.3, 0.4) is 0 Å². The van der Waals surface area contributed by atoms with Crippen LogP contribution in [0.4, 0.5) is 0 Å². The lowest BCUT2D eigenvalue weighted by Gasteiger charge is -2.21. The Bertz CT molecular complexity index is 296.